The summed E-state index contributed by atoms with van der Waals surface area (Å²) in [4.78, 5) is 10.5. The van der Waals surface area contributed by atoms with E-state index in [0.29, 0.717) is 10.7 Å². The van der Waals surface area contributed by atoms with E-state index in [9.17, 15) is 31.1 Å². The molecule has 0 saturated carbocycles. The lowest BCUT2D eigenvalue weighted by Crippen LogP contribution is -2.10. The summed E-state index contributed by atoms with van der Waals surface area (Å²) in [6.45, 7) is 0. The zero-order valence-corrected chi connectivity index (χ0v) is 12.6. The van der Waals surface area contributed by atoms with Crippen LogP contribution >= 0.6 is 15.9 Å². The summed E-state index contributed by atoms with van der Waals surface area (Å²) in [6, 6.07) is 1.44. The molecule has 0 bridgehead atoms. The first kappa shape index (κ1) is 18.3. The van der Waals surface area contributed by atoms with Crippen molar-refractivity contribution in [3.8, 4) is 0 Å². The fourth-order valence-corrected chi connectivity index (χ4v) is 1.51. The van der Waals surface area contributed by atoms with Gasteiger partial charge in [0.2, 0.25) is 0 Å². The number of nitrogens with zero attached hydrogens (tertiary/aromatic N) is 3. The number of hydrogen-bond donors (Lipinski definition) is 1. The molecule has 22 heavy (non-hydrogen) atoms. The third-order valence-corrected chi connectivity index (χ3v) is 3.05. The van der Waals surface area contributed by atoms with Crippen LogP contribution in [-0.4, -0.2) is 19.6 Å². The van der Waals surface area contributed by atoms with Crippen molar-refractivity contribution in [2.75, 3.05) is 0 Å². The highest BCUT2D eigenvalue weighted by atomic mass is 79.9. The number of rotatable bonds is 0. The molecule has 2 aromatic rings. The molecule has 0 radical (unpaired) electrons. The molecule has 0 amide bonds. The van der Waals surface area contributed by atoms with Crippen LogP contribution in [0.1, 0.15) is 11.4 Å². The molecule has 12 heteroatoms. The number of nitrogens with one attached hydrogen (secondary N) is 1. The van der Waals surface area contributed by atoms with Crippen molar-refractivity contribution >= 4 is 15.9 Å². The summed E-state index contributed by atoms with van der Waals surface area (Å²) in [5.74, 6) is 0. The molecule has 0 aliphatic carbocycles. The predicted octanol–water partition coefficient (Wildman–Crippen LogP) is 2.93. The Balaban J connectivity index is 0.000000220. The molecule has 0 atom stereocenters. The van der Waals surface area contributed by atoms with Crippen molar-refractivity contribution in [3.05, 3.63) is 38.5 Å². The second kappa shape index (κ2) is 6.18. The Hall–Kier alpha value is -1.72. The maximum atomic E-state index is 11.9. The second-order valence-corrected chi connectivity index (χ2v) is 4.85. The van der Waals surface area contributed by atoms with Gasteiger partial charge in [-0.15, -0.1) is 0 Å². The van der Waals surface area contributed by atoms with Gasteiger partial charge in [0, 0.05) is 26.2 Å². The number of alkyl halides is 6. The molecule has 2 aromatic heterocycles. The lowest BCUT2D eigenvalue weighted by Gasteiger charge is -2.00. The van der Waals surface area contributed by atoms with Gasteiger partial charge >= 0.3 is 12.4 Å². The first-order valence-corrected chi connectivity index (χ1v) is 6.21. The topological polar surface area (TPSA) is 55.6 Å². The van der Waals surface area contributed by atoms with Gasteiger partial charge in [0.1, 0.15) is 10.3 Å². The molecule has 0 saturated heterocycles. The largest absolute Gasteiger partial charge is 0.435 e. The van der Waals surface area contributed by atoms with Crippen LogP contribution in [0.5, 0.6) is 0 Å². The molecule has 5 nitrogen and oxygen atoms in total. The molecule has 1 N–H and O–H groups in total. The molecule has 2 rings (SSSR count). The Morgan fingerprint density at radius 1 is 1.09 bits per heavy atom. The highest BCUT2D eigenvalue weighted by Crippen LogP contribution is 2.29. The average Bonchev–Trinajstić information content (AvgIpc) is 2.84. The van der Waals surface area contributed by atoms with Gasteiger partial charge in [-0.2, -0.15) is 31.4 Å². The van der Waals surface area contributed by atoms with Crippen molar-refractivity contribution in [3.63, 3.8) is 0 Å². The average molecular weight is 395 g/mol. The first-order valence-electron chi connectivity index (χ1n) is 5.42. The Morgan fingerprint density at radius 2 is 1.64 bits per heavy atom. The van der Waals surface area contributed by atoms with Gasteiger partial charge < -0.3 is 0 Å². The first-order chi connectivity index (χ1) is 9.82. The van der Waals surface area contributed by atoms with Crippen LogP contribution in [0.2, 0.25) is 0 Å². The smallest absolute Gasteiger partial charge is 0.291 e. The summed E-state index contributed by atoms with van der Waals surface area (Å²) in [5, 5.41) is 5.09. The van der Waals surface area contributed by atoms with Crippen LogP contribution in [-0.2, 0) is 26.4 Å². The standard InChI is InChI=1S/C5H4BrF3N2.C5H5F3N2O/c1-11-4(6)2-3(10-11)5(7,8)9;1-10-4(11)2-3(9-10)5(6,7)8/h2H,1H3;2,9H,1H3. The Kier molecular flexibility index (Phi) is 5.15. The molecule has 0 fully saturated rings. The lowest BCUT2D eigenvalue weighted by atomic mass is 10.4. The molecule has 124 valence electrons. The molecular weight excluding hydrogens is 386 g/mol. The van der Waals surface area contributed by atoms with Gasteiger partial charge in [0.15, 0.2) is 5.69 Å². The van der Waals surface area contributed by atoms with Crippen LogP contribution < -0.4 is 5.56 Å². The highest BCUT2D eigenvalue weighted by molar-refractivity contribution is 9.10. The summed E-state index contributed by atoms with van der Waals surface area (Å²) >= 11 is 2.91. The Bertz CT molecular complexity index is 676. The third-order valence-electron chi connectivity index (χ3n) is 2.31. The predicted molar refractivity (Wildman–Crippen MR) is 66.9 cm³/mol. The van der Waals surface area contributed by atoms with Crippen molar-refractivity contribution in [2.24, 2.45) is 14.1 Å². The minimum absolute atomic E-state index is 0.310. The summed E-state index contributed by atoms with van der Waals surface area (Å²) in [5.41, 5.74) is -2.60. The Labute approximate surface area is 127 Å². The fourth-order valence-electron chi connectivity index (χ4n) is 1.22. The second-order valence-electron chi connectivity index (χ2n) is 4.04. The molecular formula is C10H9BrF6N4O. The summed E-state index contributed by atoms with van der Waals surface area (Å²) in [6.07, 6.45) is -8.83. The van der Waals surface area contributed by atoms with Crippen LogP contribution in [0.4, 0.5) is 26.3 Å². The SMILES string of the molecule is Cn1[nH]c(C(F)(F)F)cc1=O.Cn1nc(C(F)(F)F)cc1Br. The fraction of sp³-hybridized carbons (Fsp3) is 0.400. The van der Waals surface area contributed by atoms with Crippen molar-refractivity contribution < 1.29 is 26.3 Å². The number of hydrogen-bond acceptors (Lipinski definition) is 2. The molecule has 0 spiro atoms. The molecule has 0 aromatic carbocycles. The van der Waals surface area contributed by atoms with E-state index >= 15 is 0 Å². The molecule has 0 unspecified atom stereocenters. The summed E-state index contributed by atoms with van der Waals surface area (Å²) < 4.78 is 73.2. The molecule has 0 aliphatic heterocycles. The lowest BCUT2D eigenvalue weighted by molar-refractivity contribution is -0.142. The number of H-pyrrole nitrogens is 1. The maximum absolute atomic E-state index is 11.9. The van der Waals surface area contributed by atoms with Gasteiger partial charge in [0.25, 0.3) is 5.56 Å². The van der Waals surface area contributed by atoms with E-state index in [1.54, 1.807) is 0 Å². The van der Waals surface area contributed by atoms with Gasteiger partial charge in [0.05, 0.1) is 0 Å². The number of aromatic nitrogens is 4. The van der Waals surface area contributed by atoms with Gasteiger partial charge in [-0.1, -0.05) is 0 Å². The van der Waals surface area contributed by atoms with E-state index in [-0.39, 0.29) is 0 Å². The van der Waals surface area contributed by atoms with Crippen LogP contribution in [0.15, 0.2) is 21.5 Å². The van der Waals surface area contributed by atoms with Crippen molar-refractivity contribution in [1.29, 1.82) is 0 Å². The number of halogens is 7. The van der Waals surface area contributed by atoms with E-state index < -0.39 is 29.3 Å². The van der Waals surface area contributed by atoms with Gasteiger partial charge in [-0.3, -0.25) is 19.3 Å². The normalized spacial score (nSPS) is 12.0. The van der Waals surface area contributed by atoms with Gasteiger partial charge in [-0.05, 0) is 15.9 Å². The third kappa shape index (κ3) is 4.64. The molecule has 2 heterocycles. The zero-order valence-electron chi connectivity index (χ0n) is 11.1. The van der Waals surface area contributed by atoms with Crippen molar-refractivity contribution in [2.45, 2.75) is 12.4 Å². The number of aryl methyl sites for hydroxylation is 2. The van der Waals surface area contributed by atoms with E-state index in [1.165, 1.54) is 14.1 Å². The summed E-state index contributed by atoms with van der Waals surface area (Å²) in [7, 11) is 2.65. The van der Waals surface area contributed by atoms with E-state index in [4.69, 9.17) is 0 Å². The van der Waals surface area contributed by atoms with Gasteiger partial charge in [-0.25, -0.2) is 0 Å². The quantitative estimate of drug-likeness (QED) is 0.698. The maximum Gasteiger partial charge on any atom is 0.435 e. The van der Waals surface area contributed by atoms with Crippen LogP contribution in [0, 0.1) is 0 Å². The van der Waals surface area contributed by atoms with E-state index in [2.05, 4.69) is 21.0 Å². The van der Waals surface area contributed by atoms with Crippen LogP contribution in [0.25, 0.3) is 0 Å². The van der Waals surface area contributed by atoms with Crippen molar-refractivity contribution in [1.82, 2.24) is 19.6 Å². The molecule has 0 aliphatic rings. The Morgan fingerprint density at radius 3 is 1.82 bits per heavy atom. The van der Waals surface area contributed by atoms with E-state index in [1.807, 2.05) is 5.10 Å². The number of aromatic amines is 1. The minimum atomic E-state index is -4.47. The van der Waals surface area contributed by atoms with E-state index in [0.717, 1.165) is 15.4 Å². The monoisotopic (exact) mass is 394 g/mol. The highest BCUT2D eigenvalue weighted by Gasteiger charge is 2.34. The zero-order chi connectivity index (χ0) is 17.3. The van der Waals surface area contributed by atoms with Crippen LogP contribution in [0.3, 0.4) is 0 Å². The minimum Gasteiger partial charge on any atom is -0.291 e.